The van der Waals surface area contributed by atoms with Gasteiger partial charge in [-0.1, -0.05) is 54.6 Å². The molecule has 0 radical (unpaired) electrons. The third kappa shape index (κ3) is 5.21. The monoisotopic (exact) mass is 485 g/mol. The highest BCUT2D eigenvalue weighted by molar-refractivity contribution is 8.01. The van der Waals surface area contributed by atoms with E-state index in [1.807, 2.05) is 54.6 Å². The molecular formula is C26H21F3O4P+. The molecule has 0 aliphatic carbocycles. The number of halogens is 3. The van der Waals surface area contributed by atoms with Crippen LogP contribution in [0.4, 0.5) is 13.2 Å². The topological polar surface area (TPSA) is 77.8 Å². The summed E-state index contributed by atoms with van der Waals surface area (Å²) in [6, 6.07) is 35.6. The Morgan fingerprint density at radius 3 is 1.32 bits per heavy atom. The third-order valence-corrected chi connectivity index (χ3v) is 9.29. The van der Waals surface area contributed by atoms with E-state index < -0.39 is 19.4 Å². The van der Waals surface area contributed by atoms with E-state index in [0.717, 1.165) is 21.2 Å². The maximum atomic E-state index is 10.9. The summed E-state index contributed by atoms with van der Waals surface area (Å²) in [5.41, 5.74) is 0. The second-order valence-electron chi connectivity index (χ2n) is 7.15. The second-order valence-corrected chi connectivity index (χ2v) is 10.5. The van der Waals surface area contributed by atoms with Crippen LogP contribution in [0.1, 0.15) is 0 Å². The fourth-order valence-corrected chi connectivity index (χ4v) is 7.93. The molecule has 0 atom stereocenters. The van der Waals surface area contributed by atoms with Crippen molar-refractivity contribution in [3.05, 3.63) is 109 Å². The molecule has 0 bridgehead atoms. The molecule has 0 spiro atoms. The average Bonchev–Trinajstić information content (AvgIpc) is 2.84. The number of alkyl halides is 3. The predicted octanol–water partition coefficient (Wildman–Crippen LogP) is 4.35. The van der Waals surface area contributed by atoms with Crippen LogP contribution in [-0.4, -0.2) is 27.5 Å². The normalized spacial score (nSPS) is 11.3. The SMILES string of the molecule is O=C(O)C(F)(F)F.Oc1ccc(O)c([P+](c2ccccc2)(c2ccccc2)c2ccccc2)c1. The molecule has 0 heterocycles. The second kappa shape index (κ2) is 10.4. The van der Waals surface area contributed by atoms with Crippen LogP contribution in [0.3, 0.4) is 0 Å². The lowest BCUT2D eigenvalue weighted by atomic mass is 10.3. The molecule has 4 rings (SSSR count). The first-order valence-electron chi connectivity index (χ1n) is 10.1. The van der Waals surface area contributed by atoms with Crippen LogP contribution in [0.15, 0.2) is 109 Å². The summed E-state index contributed by atoms with van der Waals surface area (Å²) in [7, 11) is -2.38. The van der Waals surface area contributed by atoms with Gasteiger partial charge in [0.05, 0.1) is 0 Å². The Kier molecular flexibility index (Phi) is 7.59. The van der Waals surface area contributed by atoms with Crippen molar-refractivity contribution in [1.29, 1.82) is 0 Å². The number of rotatable bonds is 4. The van der Waals surface area contributed by atoms with Gasteiger partial charge in [0.25, 0.3) is 0 Å². The van der Waals surface area contributed by atoms with E-state index >= 15 is 0 Å². The maximum Gasteiger partial charge on any atom is 0.490 e. The summed E-state index contributed by atoms with van der Waals surface area (Å²) in [6.45, 7) is 0. The molecule has 0 aliphatic rings. The number of hydrogen-bond donors (Lipinski definition) is 3. The molecule has 0 saturated heterocycles. The van der Waals surface area contributed by atoms with Crippen molar-refractivity contribution in [2.24, 2.45) is 0 Å². The molecule has 174 valence electrons. The molecule has 0 amide bonds. The first-order valence-corrected chi connectivity index (χ1v) is 11.8. The van der Waals surface area contributed by atoms with E-state index in [9.17, 15) is 23.4 Å². The van der Waals surface area contributed by atoms with Gasteiger partial charge in [-0.05, 0) is 48.5 Å². The molecular weight excluding hydrogens is 464 g/mol. The molecule has 0 saturated carbocycles. The Morgan fingerprint density at radius 2 is 1.00 bits per heavy atom. The van der Waals surface area contributed by atoms with Crippen molar-refractivity contribution in [2.45, 2.75) is 6.18 Å². The molecule has 8 heteroatoms. The van der Waals surface area contributed by atoms with Gasteiger partial charge in [0, 0.05) is 6.07 Å². The number of phenolic OH excluding ortho intramolecular Hbond substituents is 2. The number of phenols is 2. The number of carboxylic acids is 1. The Labute approximate surface area is 194 Å². The van der Waals surface area contributed by atoms with Crippen LogP contribution in [0.5, 0.6) is 11.5 Å². The molecule has 3 N–H and O–H groups in total. The number of carbonyl (C=O) groups is 1. The standard InChI is InChI=1S/C24H19O2P.C2HF3O2/c25-19-16-17-23(26)24(18-19)27(20-10-4-1-5-11-20,21-12-6-2-7-13-21)22-14-8-3-9-15-22;3-2(4,5)1(6)7/h1-18H,(H-,25,26);(H,6,7)/p+1. The molecule has 4 aromatic rings. The Bertz CT molecular complexity index is 1130. The fourth-order valence-electron chi connectivity index (χ4n) is 3.60. The summed E-state index contributed by atoms with van der Waals surface area (Å²) in [6.07, 6.45) is -5.08. The van der Waals surface area contributed by atoms with E-state index in [1.54, 1.807) is 12.1 Å². The molecule has 4 nitrogen and oxygen atoms in total. The highest BCUT2D eigenvalue weighted by atomic mass is 31.2. The van der Waals surface area contributed by atoms with Crippen molar-refractivity contribution < 1.29 is 33.3 Å². The highest BCUT2D eigenvalue weighted by Crippen LogP contribution is 2.56. The van der Waals surface area contributed by atoms with Gasteiger partial charge in [0.1, 0.15) is 28.9 Å². The van der Waals surface area contributed by atoms with Gasteiger partial charge in [-0.25, -0.2) is 4.79 Å². The lowest BCUT2D eigenvalue weighted by molar-refractivity contribution is -0.192. The molecule has 34 heavy (non-hydrogen) atoms. The minimum Gasteiger partial charge on any atom is -0.508 e. The van der Waals surface area contributed by atoms with Gasteiger partial charge in [-0.15, -0.1) is 0 Å². The quantitative estimate of drug-likeness (QED) is 0.297. The zero-order valence-corrected chi connectivity index (χ0v) is 18.6. The van der Waals surface area contributed by atoms with E-state index in [2.05, 4.69) is 36.4 Å². The van der Waals surface area contributed by atoms with Crippen molar-refractivity contribution in [1.82, 2.24) is 0 Å². The first-order chi connectivity index (χ1) is 16.2. The van der Waals surface area contributed by atoms with Crippen LogP contribution in [0.2, 0.25) is 0 Å². The van der Waals surface area contributed by atoms with Crippen LogP contribution >= 0.6 is 7.26 Å². The number of hydrogen-bond acceptors (Lipinski definition) is 3. The van der Waals surface area contributed by atoms with Gasteiger partial charge >= 0.3 is 12.1 Å². The summed E-state index contributed by atoms with van der Waals surface area (Å²) in [5.74, 6) is -2.42. The molecule has 0 unspecified atom stereocenters. The van der Waals surface area contributed by atoms with Crippen LogP contribution < -0.4 is 21.2 Å². The molecule has 0 fully saturated rings. The van der Waals surface area contributed by atoms with Crippen molar-refractivity contribution in [2.75, 3.05) is 0 Å². The zero-order valence-electron chi connectivity index (χ0n) is 17.7. The highest BCUT2D eigenvalue weighted by Gasteiger charge is 2.49. The lowest BCUT2D eigenvalue weighted by Crippen LogP contribution is -2.38. The lowest BCUT2D eigenvalue weighted by Gasteiger charge is -2.28. The third-order valence-electron chi connectivity index (χ3n) is 4.99. The molecule has 0 aromatic heterocycles. The van der Waals surface area contributed by atoms with Crippen LogP contribution in [-0.2, 0) is 4.79 Å². The minimum absolute atomic E-state index is 0.148. The Morgan fingerprint density at radius 1 is 0.647 bits per heavy atom. The maximum absolute atomic E-state index is 10.9. The van der Waals surface area contributed by atoms with Crippen LogP contribution in [0, 0.1) is 0 Å². The van der Waals surface area contributed by atoms with E-state index in [0.29, 0.717) is 0 Å². The summed E-state index contributed by atoms with van der Waals surface area (Å²) in [5, 5.41) is 32.4. The van der Waals surface area contributed by atoms with E-state index in [-0.39, 0.29) is 11.5 Å². The van der Waals surface area contributed by atoms with Crippen molar-refractivity contribution in [3.8, 4) is 11.5 Å². The Balaban J connectivity index is 0.000000406. The smallest absolute Gasteiger partial charge is 0.490 e. The number of benzene rings is 4. The average molecular weight is 485 g/mol. The number of aliphatic carboxylic acids is 1. The van der Waals surface area contributed by atoms with Gasteiger partial charge in [-0.2, -0.15) is 13.2 Å². The van der Waals surface area contributed by atoms with Gasteiger partial charge < -0.3 is 15.3 Å². The number of aromatic hydroxyl groups is 2. The van der Waals surface area contributed by atoms with E-state index in [1.165, 1.54) is 6.07 Å². The summed E-state index contributed by atoms with van der Waals surface area (Å²) < 4.78 is 31.7. The fraction of sp³-hybridized carbons (Fsp3) is 0.0385. The predicted molar refractivity (Wildman–Crippen MR) is 128 cm³/mol. The summed E-state index contributed by atoms with van der Waals surface area (Å²) in [4.78, 5) is 8.90. The minimum atomic E-state index is -5.08. The first kappa shape index (κ1) is 24.8. The largest absolute Gasteiger partial charge is 0.508 e. The molecule has 4 aromatic carbocycles. The zero-order chi connectivity index (χ0) is 24.8. The molecule has 0 aliphatic heterocycles. The Hall–Kier alpha value is -3.83. The number of carboxylic acid groups (broad SMARTS) is 1. The summed E-state index contributed by atoms with van der Waals surface area (Å²) >= 11 is 0. The van der Waals surface area contributed by atoms with Gasteiger partial charge in [-0.3, -0.25) is 0 Å². The van der Waals surface area contributed by atoms with Crippen LogP contribution in [0.25, 0.3) is 0 Å². The van der Waals surface area contributed by atoms with Crippen molar-refractivity contribution in [3.63, 3.8) is 0 Å². The van der Waals surface area contributed by atoms with E-state index in [4.69, 9.17) is 9.90 Å². The van der Waals surface area contributed by atoms with Crippen molar-refractivity contribution >= 4 is 34.4 Å². The van der Waals surface area contributed by atoms with Gasteiger partial charge in [0.2, 0.25) is 0 Å². The van der Waals surface area contributed by atoms with Gasteiger partial charge in [0.15, 0.2) is 11.1 Å².